The molecule has 2 heteroatoms. The minimum Gasteiger partial charge on any atom is -0.508 e. The summed E-state index contributed by atoms with van der Waals surface area (Å²) in [6.07, 6.45) is 2.08. The van der Waals surface area contributed by atoms with Crippen molar-refractivity contribution in [1.29, 1.82) is 0 Å². The average molecular weight is 329 g/mol. The first-order valence-electron chi connectivity index (χ1n) is 8.77. The number of aryl methyl sites for hydroxylation is 3. The summed E-state index contributed by atoms with van der Waals surface area (Å²) in [6.45, 7) is 4.02. The van der Waals surface area contributed by atoms with E-state index in [4.69, 9.17) is 5.73 Å². The van der Waals surface area contributed by atoms with Gasteiger partial charge in [0.05, 0.1) is 0 Å². The van der Waals surface area contributed by atoms with Crippen molar-refractivity contribution >= 4 is 5.69 Å². The van der Waals surface area contributed by atoms with Gasteiger partial charge in [0.15, 0.2) is 0 Å². The zero-order valence-corrected chi connectivity index (χ0v) is 14.7. The van der Waals surface area contributed by atoms with Gasteiger partial charge in [-0.1, -0.05) is 48.5 Å². The number of anilines is 1. The maximum Gasteiger partial charge on any atom is 0.118 e. The van der Waals surface area contributed by atoms with E-state index in [0.717, 1.165) is 29.7 Å². The summed E-state index contributed by atoms with van der Waals surface area (Å²) in [5.41, 5.74) is 14.0. The van der Waals surface area contributed by atoms with E-state index < -0.39 is 0 Å². The predicted molar refractivity (Wildman–Crippen MR) is 103 cm³/mol. The molecule has 3 N–H and O–H groups in total. The molecule has 0 aromatic heterocycles. The lowest BCUT2D eigenvalue weighted by Gasteiger charge is -2.33. The van der Waals surface area contributed by atoms with E-state index in [-0.39, 0.29) is 5.41 Å². The summed E-state index contributed by atoms with van der Waals surface area (Å²) in [7, 11) is 0. The number of hydrogen-bond donors (Lipinski definition) is 2. The predicted octanol–water partition coefficient (Wildman–Crippen LogP) is 4.87. The first-order valence-corrected chi connectivity index (χ1v) is 8.77. The number of nitrogens with two attached hydrogens (primary N) is 1. The Kier molecular flexibility index (Phi) is 3.57. The molecule has 3 aromatic carbocycles. The quantitative estimate of drug-likeness (QED) is 0.659. The highest BCUT2D eigenvalue weighted by atomic mass is 16.3. The zero-order chi connectivity index (χ0) is 17.6. The Morgan fingerprint density at radius 3 is 2.28 bits per heavy atom. The molecule has 1 unspecified atom stereocenters. The molecular formula is C23H23NO. The van der Waals surface area contributed by atoms with E-state index in [0.29, 0.717) is 5.75 Å². The highest BCUT2D eigenvalue weighted by Gasteiger charge is 2.41. The fourth-order valence-corrected chi connectivity index (χ4v) is 4.24. The Bertz CT molecular complexity index is 907. The van der Waals surface area contributed by atoms with Crippen LogP contribution >= 0.6 is 0 Å². The summed E-state index contributed by atoms with van der Waals surface area (Å²) >= 11 is 0. The van der Waals surface area contributed by atoms with Gasteiger partial charge >= 0.3 is 0 Å². The van der Waals surface area contributed by atoms with Crippen LogP contribution in [0.3, 0.4) is 0 Å². The second-order valence-electron chi connectivity index (χ2n) is 7.14. The van der Waals surface area contributed by atoms with Crippen LogP contribution in [0, 0.1) is 13.8 Å². The Balaban J connectivity index is 2.02. The lowest BCUT2D eigenvalue weighted by Crippen LogP contribution is -2.26. The molecule has 0 aliphatic heterocycles. The molecule has 0 saturated heterocycles. The third kappa shape index (κ3) is 2.32. The van der Waals surface area contributed by atoms with Crippen LogP contribution in [0.4, 0.5) is 5.69 Å². The average Bonchev–Trinajstić information content (AvgIpc) is 3.00. The monoisotopic (exact) mass is 329 g/mol. The number of phenols is 1. The van der Waals surface area contributed by atoms with Crippen molar-refractivity contribution < 1.29 is 5.11 Å². The lowest BCUT2D eigenvalue weighted by molar-refractivity contribution is 0.470. The molecule has 0 spiro atoms. The number of phenolic OH excluding ortho intramolecular Hbond substituents is 1. The second kappa shape index (κ2) is 5.66. The molecule has 2 nitrogen and oxygen atoms in total. The molecule has 1 aliphatic carbocycles. The van der Waals surface area contributed by atoms with Gasteiger partial charge in [0, 0.05) is 11.1 Å². The Morgan fingerprint density at radius 1 is 0.880 bits per heavy atom. The molecule has 0 fully saturated rings. The number of benzene rings is 3. The van der Waals surface area contributed by atoms with Crippen molar-refractivity contribution in [3.8, 4) is 5.75 Å². The van der Waals surface area contributed by atoms with Crippen LogP contribution in [-0.2, 0) is 11.8 Å². The molecule has 3 aromatic rings. The first-order chi connectivity index (χ1) is 12.0. The fourth-order valence-electron chi connectivity index (χ4n) is 4.24. The number of hydrogen-bond acceptors (Lipinski definition) is 2. The molecule has 126 valence electrons. The van der Waals surface area contributed by atoms with E-state index in [2.05, 4.69) is 55.5 Å². The van der Waals surface area contributed by atoms with Crippen LogP contribution in [0.5, 0.6) is 5.75 Å². The molecule has 0 heterocycles. The van der Waals surface area contributed by atoms with Gasteiger partial charge in [-0.2, -0.15) is 0 Å². The van der Waals surface area contributed by atoms with Crippen LogP contribution in [0.2, 0.25) is 0 Å². The van der Waals surface area contributed by atoms with Crippen molar-refractivity contribution in [2.45, 2.75) is 32.1 Å². The third-order valence-corrected chi connectivity index (χ3v) is 5.70. The van der Waals surface area contributed by atoms with Crippen molar-refractivity contribution in [1.82, 2.24) is 0 Å². The molecule has 0 saturated carbocycles. The smallest absolute Gasteiger partial charge is 0.118 e. The van der Waals surface area contributed by atoms with Crippen LogP contribution in [0.15, 0.2) is 60.7 Å². The molecular weight excluding hydrogens is 306 g/mol. The first kappa shape index (κ1) is 15.8. The molecule has 0 bridgehead atoms. The van der Waals surface area contributed by atoms with Gasteiger partial charge < -0.3 is 10.8 Å². The second-order valence-corrected chi connectivity index (χ2v) is 7.14. The minimum absolute atomic E-state index is 0.187. The summed E-state index contributed by atoms with van der Waals surface area (Å²) in [4.78, 5) is 0. The van der Waals surface area contributed by atoms with Crippen molar-refractivity contribution in [3.05, 3.63) is 94.0 Å². The topological polar surface area (TPSA) is 46.2 Å². The Labute approximate surface area is 148 Å². The zero-order valence-electron chi connectivity index (χ0n) is 14.7. The largest absolute Gasteiger partial charge is 0.508 e. The highest BCUT2D eigenvalue weighted by molar-refractivity contribution is 5.60. The van der Waals surface area contributed by atoms with Crippen molar-refractivity contribution in [2.24, 2.45) is 0 Å². The normalized spacial score (nSPS) is 19.0. The fraction of sp³-hybridized carbons (Fsp3) is 0.217. The van der Waals surface area contributed by atoms with Crippen LogP contribution in [0.25, 0.3) is 0 Å². The van der Waals surface area contributed by atoms with Gasteiger partial charge in [0.25, 0.3) is 0 Å². The van der Waals surface area contributed by atoms with Crippen molar-refractivity contribution in [3.63, 3.8) is 0 Å². The van der Waals surface area contributed by atoms with Crippen LogP contribution < -0.4 is 5.73 Å². The molecule has 4 rings (SSSR count). The van der Waals surface area contributed by atoms with E-state index in [9.17, 15) is 5.11 Å². The van der Waals surface area contributed by atoms with Crippen LogP contribution in [0.1, 0.15) is 39.8 Å². The van der Waals surface area contributed by atoms with E-state index in [1.54, 1.807) is 0 Å². The Morgan fingerprint density at radius 2 is 1.56 bits per heavy atom. The van der Waals surface area contributed by atoms with E-state index in [1.807, 2.05) is 19.1 Å². The van der Waals surface area contributed by atoms with Gasteiger partial charge in [-0.25, -0.2) is 0 Å². The van der Waals surface area contributed by atoms with Gasteiger partial charge in [0.1, 0.15) is 5.75 Å². The Hall–Kier alpha value is -2.74. The number of aromatic hydroxyl groups is 1. The summed E-state index contributed by atoms with van der Waals surface area (Å²) in [6, 6.07) is 21.1. The molecule has 0 radical (unpaired) electrons. The molecule has 1 atom stereocenters. The van der Waals surface area contributed by atoms with E-state index in [1.165, 1.54) is 22.3 Å². The lowest BCUT2D eigenvalue weighted by atomic mass is 9.69. The molecule has 25 heavy (non-hydrogen) atoms. The standard InChI is InChI=1S/C23H23NO/c1-15-13-18(7-9-21(15)24)23(19-8-10-22(25)16(2)14-19)12-11-17-5-3-4-6-20(17)23/h3-10,13-14,25H,11-12,24H2,1-2H3. The number of fused-ring (bicyclic) bond motifs is 1. The maximum absolute atomic E-state index is 10.0. The summed E-state index contributed by atoms with van der Waals surface area (Å²) in [5, 5.41) is 10.0. The van der Waals surface area contributed by atoms with Gasteiger partial charge in [-0.15, -0.1) is 0 Å². The molecule has 1 aliphatic rings. The van der Waals surface area contributed by atoms with Gasteiger partial charge in [-0.05, 0) is 72.2 Å². The third-order valence-electron chi connectivity index (χ3n) is 5.70. The molecule has 0 amide bonds. The number of nitrogen functional groups attached to an aromatic ring is 1. The van der Waals surface area contributed by atoms with E-state index >= 15 is 0 Å². The SMILES string of the molecule is Cc1cc(C2(c3ccc(O)c(C)c3)CCc3ccccc32)ccc1N. The number of rotatable bonds is 2. The van der Waals surface area contributed by atoms with Crippen LogP contribution in [-0.4, -0.2) is 5.11 Å². The summed E-state index contributed by atoms with van der Waals surface area (Å²) in [5.74, 6) is 0.346. The minimum atomic E-state index is -0.187. The summed E-state index contributed by atoms with van der Waals surface area (Å²) < 4.78 is 0. The van der Waals surface area contributed by atoms with Gasteiger partial charge in [-0.3, -0.25) is 0 Å². The maximum atomic E-state index is 10.0. The highest BCUT2D eigenvalue weighted by Crippen LogP contribution is 2.49. The van der Waals surface area contributed by atoms with Crippen molar-refractivity contribution in [2.75, 3.05) is 5.73 Å². The van der Waals surface area contributed by atoms with Gasteiger partial charge in [0.2, 0.25) is 0 Å².